The second kappa shape index (κ2) is 17.5. The number of amides is 1. The lowest BCUT2D eigenvalue weighted by atomic mass is 9.86. The Balaban J connectivity index is 0.00000376. The summed E-state index contributed by atoms with van der Waals surface area (Å²) < 4.78 is 70.0. The number of nitrogens with one attached hydrogen (secondary N) is 1. The molecule has 1 fully saturated rings. The summed E-state index contributed by atoms with van der Waals surface area (Å²) in [5, 5.41) is 12.7. The Morgan fingerprint density at radius 3 is 2.45 bits per heavy atom. The molecule has 0 bridgehead atoms. The molecule has 0 saturated carbocycles. The highest BCUT2D eigenvalue weighted by atomic mass is 32.2. The lowest BCUT2D eigenvalue weighted by Crippen LogP contribution is -2.53. The van der Waals surface area contributed by atoms with E-state index in [9.17, 15) is 18.7 Å². The maximum Gasteiger partial charge on any atom is 0.400 e. The molecule has 3 rings (SSSR count). The van der Waals surface area contributed by atoms with Gasteiger partial charge in [0.15, 0.2) is 0 Å². The van der Waals surface area contributed by atoms with Gasteiger partial charge in [-0.2, -0.15) is 8.78 Å². The number of piperidine rings is 1. The number of rotatable bonds is 14. The molecule has 4 atom stereocenters. The highest BCUT2D eigenvalue weighted by molar-refractivity contribution is 8.03. The highest BCUT2D eigenvalue weighted by Crippen LogP contribution is 2.42. The first-order valence-electron chi connectivity index (χ1n) is 16.2. The van der Waals surface area contributed by atoms with Gasteiger partial charge in [0.1, 0.15) is 5.75 Å². The molecule has 1 aliphatic rings. The van der Waals surface area contributed by atoms with E-state index in [1.54, 1.807) is 31.7 Å². The standard InChI is InChI=1S/C33H45F4N3O4S.C2H6/c1-9-19(3)26-13-20(4)28(44-33(36,37)21(5)10-2)15-29(26)45-23(7)39-30(42)22(6)40-12-11-32(34,35)27(17-40)24-14-25(18-41)31(43-8)38-16-24;1-2/h13-16,19,21-22,27,41H,7,9-12,17-18H2,1-6,8H3,(H,39,42);1-2H3. The van der Waals surface area contributed by atoms with Gasteiger partial charge in [0, 0.05) is 36.2 Å². The van der Waals surface area contributed by atoms with Gasteiger partial charge in [0.2, 0.25) is 11.8 Å². The van der Waals surface area contributed by atoms with Crippen LogP contribution in [0.5, 0.6) is 11.6 Å². The zero-order chi connectivity index (χ0) is 35.7. The number of halogens is 4. The Labute approximate surface area is 281 Å². The number of methoxy groups -OCH3 is 1. The highest BCUT2D eigenvalue weighted by Gasteiger charge is 2.46. The van der Waals surface area contributed by atoms with Gasteiger partial charge in [-0.3, -0.25) is 9.69 Å². The van der Waals surface area contributed by atoms with Crippen molar-refractivity contribution >= 4 is 17.7 Å². The Morgan fingerprint density at radius 1 is 1.21 bits per heavy atom. The molecule has 47 heavy (non-hydrogen) atoms. The van der Waals surface area contributed by atoms with Crippen molar-refractivity contribution in [1.82, 2.24) is 15.2 Å². The van der Waals surface area contributed by atoms with Crippen molar-refractivity contribution in [3.63, 3.8) is 0 Å². The van der Waals surface area contributed by atoms with E-state index in [1.807, 2.05) is 33.8 Å². The number of aryl methyl sites for hydroxylation is 1. The minimum atomic E-state index is -3.36. The van der Waals surface area contributed by atoms with E-state index in [0.29, 0.717) is 16.0 Å². The topological polar surface area (TPSA) is 83.9 Å². The van der Waals surface area contributed by atoms with Gasteiger partial charge in [-0.25, -0.2) is 13.8 Å². The summed E-state index contributed by atoms with van der Waals surface area (Å²) in [5.41, 5.74) is 2.04. The molecule has 1 aromatic carbocycles. The lowest BCUT2D eigenvalue weighted by molar-refractivity contribution is -0.212. The second-order valence-electron chi connectivity index (χ2n) is 11.8. The number of aromatic nitrogens is 1. The molecule has 7 nitrogen and oxygen atoms in total. The van der Waals surface area contributed by atoms with Crippen LogP contribution in [-0.2, 0) is 11.4 Å². The molecule has 1 aromatic heterocycles. The normalized spacial score (nSPS) is 18.3. The summed E-state index contributed by atoms with van der Waals surface area (Å²) >= 11 is 1.14. The Morgan fingerprint density at radius 2 is 1.87 bits per heavy atom. The van der Waals surface area contributed by atoms with E-state index in [2.05, 4.69) is 16.9 Å². The fourth-order valence-corrected chi connectivity index (χ4v) is 6.14. The minimum Gasteiger partial charge on any atom is -0.481 e. The number of nitrogens with zero attached hydrogens (tertiary/aromatic N) is 2. The summed E-state index contributed by atoms with van der Waals surface area (Å²) in [6.45, 7) is 18.0. The van der Waals surface area contributed by atoms with Crippen molar-refractivity contribution in [2.24, 2.45) is 5.92 Å². The maximum atomic E-state index is 15.1. The quantitative estimate of drug-likeness (QED) is 0.152. The van der Waals surface area contributed by atoms with E-state index in [-0.39, 0.29) is 47.7 Å². The van der Waals surface area contributed by atoms with Gasteiger partial charge in [0.25, 0.3) is 5.92 Å². The number of hydrogen-bond acceptors (Lipinski definition) is 7. The number of benzene rings is 1. The first-order valence-corrected chi connectivity index (χ1v) is 17.0. The lowest BCUT2D eigenvalue weighted by Gasteiger charge is -2.40. The Hall–Kier alpha value is -2.83. The van der Waals surface area contributed by atoms with Crippen LogP contribution in [0.2, 0.25) is 0 Å². The molecule has 0 radical (unpaired) electrons. The van der Waals surface area contributed by atoms with Crippen molar-refractivity contribution in [1.29, 1.82) is 0 Å². The number of alkyl halides is 4. The first kappa shape index (κ1) is 40.3. The summed E-state index contributed by atoms with van der Waals surface area (Å²) in [7, 11) is 1.38. The molecule has 1 aliphatic heterocycles. The van der Waals surface area contributed by atoms with Gasteiger partial charge in [-0.15, -0.1) is 0 Å². The number of thioether (sulfide) groups is 1. The summed E-state index contributed by atoms with van der Waals surface area (Å²) in [4.78, 5) is 19.7. The second-order valence-corrected chi connectivity index (χ2v) is 12.9. The van der Waals surface area contributed by atoms with Crippen LogP contribution in [0.4, 0.5) is 17.6 Å². The van der Waals surface area contributed by atoms with E-state index < -0.39 is 48.8 Å². The van der Waals surface area contributed by atoms with E-state index in [1.165, 1.54) is 26.3 Å². The third-order valence-electron chi connectivity index (χ3n) is 8.68. The SMILES string of the molecule is C=C(NC(=O)C(C)N1CCC(F)(F)C(c2cnc(OC)c(CO)c2)C1)Sc1cc(OC(F)(F)C(C)CC)c(C)cc1C(C)CC.CC. The number of pyridine rings is 1. The van der Waals surface area contributed by atoms with Crippen LogP contribution in [0, 0.1) is 12.8 Å². The molecular weight excluding hydrogens is 634 g/mol. The first-order chi connectivity index (χ1) is 22.1. The minimum absolute atomic E-state index is 0.00460. The molecule has 2 N–H and O–H groups in total. The Bertz CT molecular complexity index is 1360. The number of carbonyl (C=O) groups is 1. The average Bonchev–Trinajstić information content (AvgIpc) is 3.05. The van der Waals surface area contributed by atoms with Crippen molar-refractivity contribution in [2.45, 2.75) is 116 Å². The number of likely N-dealkylation sites (tertiary alicyclic amines) is 1. The van der Waals surface area contributed by atoms with Crippen LogP contribution in [0.15, 0.2) is 40.9 Å². The monoisotopic (exact) mass is 685 g/mol. The summed E-state index contributed by atoms with van der Waals surface area (Å²) in [6, 6.07) is 4.09. The van der Waals surface area contributed by atoms with Crippen LogP contribution >= 0.6 is 11.8 Å². The molecule has 1 amide bonds. The smallest absolute Gasteiger partial charge is 0.400 e. The zero-order valence-corrected chi connectivity index (χ0v) is 29.9. The van der Waals surface area contributed by atoms with Crippen LogP contribution < -0.4 is 14.8 Å². The number of hydrogen-bond donors (Lipinski definition) is 2. The van der Waals surface area contributed by atoms with Crippen LogP contribution in [-0.4, -0.2) is 59.2 Å². The molecule has 4 unspecified atom stereocenters. The molecule has 264 valence electrons. The number of ether oxygens (including phenoxy) is 2. The van der Waals surface area contributed by atoms with Gasteiger partial charge in [-0.05, 0) is 61.4 Å². The number of carbonyl (C=O) groups excluding carboxylic acids is 1. The van der Waals surface area contributed by atoms with Crippen LogP contribution in [0.25, 0.3) is 0 Å². The maximum absolute atomic E-state index is 15.1. The molecule has 0 spiro atoms. The van der Waals surface area contributed by atoms with Crippen molar-refractivity contribution in [3.8, 4) is 11.6 Å². The summed E-state index contributed by atoms with van der Waals surface area (Å²) in [6.07, 6.45) is -1.45. The zero-order valence-electron chi connectivity index (χ0n) is 29.1. The fourth-order valence-electron chi connectivity index (χ4n) is 5.18. The van der Waals surface area contributed by atoms with E-state index >= 15 is 8.78 Å². The molecular formula is C35H51F4N3O4S. The predicted molar refractivity (Wildman–Crippen MR) is 179 cm³/mol. The predicted octanol–water partition coefficient (Wildman–Crippen LogP) is 8.64. The Kier molecular flexibility index (Phi) is 15.1. The van der Waals surface area contributed by atoms with Gasteiger partial charge >= 0.3 is 6.11 Å². The van der Waals surface area contributed by atoms with Gasteiger partial charge in [0.05, 0.1) is 36.6 Å². The molecule has 0 aliphatic carbocycles. The molecule has 2 aromatic rings. The van der Waals surface area contributed by atoms with E-state index in [4.69, 9.17) is 9.47 Å². The average molecular weight is 686 g/mol. The largest absolute Gasteiger partial charge is 0.481 e. The number of aliphatic hydroxyl groups is 1. The van der Waals surface area contributed by atoms with E-state index in [0.717, 1.165) is 23.7 Å². The third-order valence-corrected chi connectivity index (χ3v) is 9.60. The van der Waals surface area contributed by atoms with Crippen molar-refractivity contribution < 1.29 is 36.9 Å². The molecule has 12 heteroatoms. The fraction of sp³-hybridized carbons (Fsp3) is 0.600. The third kappa shape index (κ3) is 10.1. The molecule has 2 heterocycles. The van der Waals surface area contributed by atoms with Crippen LogP contribution in [0.3, 0.4) is 0 Å². The van der Waals surface area contributed by atoms with Crippen molar-refractivity contribution in [3.05, 3.63) is 58.3 Å². The van der Waals surface area contributed by atoms with Gasteiger partial charge < -0.3 is 19.9 Å². The van der Waals surface area contributed by atoms with Crippen LogP contribution in [0.1, 0.15) is 102 Å². The summed E-state index contributed by atoms with van der Waals surface area (Å²) in [5.74, 6) is -5.39. The van der Waals surface area contributed by atoms with Gasteiger partial charge in [-0.1, -0.05) is 65.9 Å². The molecule has 1 saturated heterocycles. The number of aliphatic hydroxyl groups excluding tert-OH is 1. The van der Waals surface area contributed by atoms with Crippen molar-refractivity contribution in [2.75, 3.05) is 20.2 Å².